The first-order valence-electron chi connectivity index (χ1n) is 4.25. The molecule has 0 saturated heterocycles. The van der Waals surface area contributed by atoms with Crippen molar-refractivity contribution in [3.63, 3.8) is 0 Å². The number of carboxylic acids is 1. The standard InChI is InChI=1S/C9H10N2O4/c10-7-2-3-8(11(14)15)6(5-7)1-4-9(12)13/h2-3,5H,1,4,10H2,(H,12,13). The SMILES string of the molecule is Nc1ccc([N+](=O)[O-])c(CCC(=O)O)c1. The Hall–Kier alpha value is -2.11. The third-order valence-corrected chi connectivity index (χ3v) is 1.91. The van der Waals surface area contributed by atoms with Crippen molar-refractivity contribution in [1.29, 1.82) is 0 Å². The van der Waals surface area contributed by atoms with Gasteiger partial charge in [0.15, 0.2) is 0 Å². The van der Waals surface area contributed by atoms with Crippen molar-refractivity contribution in [2.75, 3.05) is 5.73 Å². The lowest BCUT2D eigenvalue weighted by molar-refractivity contribution is -0.385. The van der Waals surface area contributed by atoms with Crippen LogP contribution in [0.1, 0.15) is 12.0 Å². The maximum absolute atomic E-state index is 10.6. The largest absolute Gasteiger partial charge is 0.481 e. The summed E-state index contributed by atoms with van der Waals surface area (Å²) in [7, 11) is 0. The van der Waals surface area contributed by atoms with Crippen LogP contribution in [0.4, 0.5) is 11.4 Å². The minimum Gasteiger partial charge on any atom is -0.481 e. The number of rotatable bonds is 4. The van der Waals surface area contributed by atoms with Crippen molar-refractivity contribution in [2.45, 2.75) is 12.8 Å². The van der Waals surface area contributed by atoms with Gasteiger partial charge in [0, 0.05) is 23.7 Å². The molecule has 3 N–H and O–H groups in total. The highest BCUT2D eigenvalue weighted by Gasteiger charge is 2.14. The lowest BCUT2D eigenvalue weighted by Gasteiger charge is -2.02. The van der Waals surface area contributed by atoms with E-state index in [-0.39, 0.29) is 18.5 Å². The number of nitrogens with zero attached hydrogens (tertiary/aromatic N) is 1. The molecule has 6 nitrogen and oxygen atoms in total. The lowest BCUT2D eigenvalue weighted by atomic mass is 10.1. The zero-order valence-electron chi connectivity index (χ0n) is 7.84. The molecule has 0 aliphatic carbocycles. The van der Waals surface area contributed by atoms with Crippen LogP contribution in [-0.4, -0.2) is 16.0 Å². The first-order valence-corrected chi connectivity index (χ1v) is 4.25. The minimum absolute atomic E-state index is 0.0922. The summed E-state index contributed by atoms with van der Waals surface area (Å²) >= 11 is 0. The summed E-state index contributed by atoms with van der Waals surface area (Å²) in [5, 5.41) is 19.1. The number of nitrogens with two attached hydrogens (primary N) is 1. The number of nitrogen functional groups attached to an aromatic ring is 1. The second-order valence-electron chi connectivity index (χ2n) is 3.04. The van der Waals surface area contributed by atoms with Gasteiger partial charge < -0.3 is 10.8 Å². The topological polar surface area (TPSA) is 106 Å². The molecule has 0 aliphatic heterocycles. The molecule has 0 spiro atoms. The molecule has 0 aliphatic rings. The first kappa shape index (κ1) is 11.0. The highest BCUT2D eigenvalue weighted by atomic mass is 16.6. The number of hydrogen-bond donors (Lipinski definition) is 2. The molecule has 1 rings (SSSR count). The average molecular weight is 210 g/mol. The Morgan fingerprint density at radius 2 is 2.20 bits per heavy atom. The molecule has 0 atom stereocenters. The van der Waals surface area contributed by atoms with E-state index in [0.717, 1.165) is 0 Å². The van der Waals surface area contributed by atoms with Crippen molar-refractivity contribution in [3.05, 3.63) is 33.9 Å². The van der Waals surface area contributed by atoms with E-state index in [2.05, 4.69) is 0 Å². The Labute approximate surface area is 85.5 Å². The van der Waals surface area contributed by atoms with Gasteiger partial charge in [-0.05, 0) is 18.6 Å². The van der Waals surface area contributed by atoms with Crippen LogP contribution in [0.15, 0.2) is 18.2 Å². The van der Waals surface area contributed by atoms with Gasteiger partial charge in [0.1, 0.15) is 0 Å². The fourth-order valence-electron chi connectivity index (χ4n) is 1.23. The Morgan fingerprint density at radius 3 is 2.73 bits per heavy atom. The normalized spacial score (nSPS) is 9.87. The number of anilines is 1. The van der Waals surface area contributed by atoms with Crippen LogP contribution in [0.3, 0.4) is 0 Å². The van der Waals surface area contributed by atoms with Gasteiger partial charge in [0.2, 0.25) is 0 Å². The Kier molecular flexibility index (Phi) is 3.22. The summed E-state index contributed by atoms with van der Waals surface area (Å²) < 4.78 is 0. The van der Waals surface area contributed by atoms with E-state index in [1.165, 1.54) is 18.2 Å². The highest BCUT2D eigenvalue weighted by molar-refractivity contribution is 5.67. The molecule has 0 amide bonds. The van der Waals surface area contributed by atoms with Gasteiger partial charge in [-0.3, -0.25) is 14.9 Å². The van der Waals surface area contributed by atoms with Crippen molar-refractivity contribution in [3.8, 4) is 0 Å². The molecule has 15 heavy (non-hydrogen) atoms. The van der Waals surface area contributed by atoms with Gasteiger partial charge in [-0.1, -0.05) is 0 Å². The zero-order chi connectivity index (χ0) is 11.4. The average Bonchev–Trinajstić information content (AvgIpc) is 2.14. The number of hydrogen-bond acceptors (Lipinski definition) is 4. The predicted molar refractivity (Wildman–Crippen MR) is 53.5 cm³/mol. The molecule has 1 aromatic carbocycles. The number of aryl methyl sites for hydroxylation is 1. The number of nitro benzene ring substituents is 1. The van der Waals surface area contributed by atoms with Gasteiger partial charge in [-0.15, -0.1) is 0 Å². The molecular weight excluding hydrogens is 200 g/mol. The molecule has 0 bridgehead atoms. The van der Waals surface area contributed by atoms with Crippen molar-refractivity contribution in [1.82, 2.24) is 0 Å². The summed E-state index contributed by atoms with van der Waals surface area (Å²) in [5.74, 6) is -0.994. The highest BCUT2D eigenvalue weighted by Crippen LogP contribution is 2.22. The number of aliphatic carboxylic acids is 1. The van der Waals surface area contributed by atoms with E-state index in [1.807, 2.05) is 0 Å². The summed E-state index contributed by atoms with van der Waals surface area (Å²) in [6.07, 6.45) is -0.0407. The molecule has 0 saturated carbocycles. The number of nitro groups is 1. The van der Waals surface area contributed by atoms with Crippen molar-refractivity contribution in [2.24, 2.45) is 0 Å². The van der Waals surface area contributed by atoms with Crippen LogP contribution < -0.4 is 5.73 Å². The van der Waals surface area contributed by atoms with Gasteiger partial charge in [0.25, 0.3) is 5.69 Å². The van der Waals surface area contributed by atoms with Gasteiger partial charge >= 0.3 is 5.97 Å². The zero-order valence-corrected chi connectivity index (χ0v) is 7.84. The number of benzene rings is 1. The first-order chi connectivity index (χ1) is 7.00. The fraction of sp³-hybridized carbons (Fsp3) is 0.222. The van der Waals surface area contributed by atoms with Crippen molar-refractivity contribution >= 4 is 17.3 Å². The van der Waals surface area contributed by atoms with E-state index in [9.17, 15) is 14.9 Å². The summed E-state index contributed by atoms with van der Waals surface area (Å²) in [6, 6.07) is 4.13. The molecule has 0 aromatic heterocycles. The molecule has 0 radical (unpaired) electrons. The van der Waals surface area contributed by atoms with Gasteiger partial charge in [0.05, 0.1) is 4.92 Å². The maximum atomic E-state index is 10.6. The minimum atomic E-state index is -0.994. The third kappa shape index (κ3) is 2.94. The fourth-order valence-corrected chi connectivity index (χ4v) is 1.23. The van der Waals surface area contributed by atoms with Gasteiger partial charge in [-0.2, -0.15) is 0 Å². The van der Waals surface area contributed by atoms with E-state index < -0.39 is 10.9 Å². The Morgan fingerprint density at radius 1 is 1.53 bits per heavy atom. The molecular formula is C9H10N2O4. The van der Waals surface area contributed by atoms with E-state index in [1.54, 1.807) is 0 Å². The quantitative estimate of drug-likeness (QED) is 0.441. The monoisotopic (exact) mass is 210 g/mol. The summed E-state index contributed by atoms with van der Waals surface area (Å²) in [4.78, 5) is 20.4. The van der Waals surface area contributed by atoms with Crippen LogP contribution in [0.25, 0.3) is 0 Å². The third-order valence-electron chi connectivity index (χ3n) is 1.91. The Balaban J connectivity index is 2.96. The molecule has 0 heterocycles. The smallest absolute Gasteiger partial charge is 0.303 e. The molecule has 6 heteroatoms. The predicted octanol–water partition coefficient (Wildman–Crippen LogP) is 1.19. The van der Waals surface area contributed by atoms with Crippen LogP contribution in [-0.2, 0) is 11.2 Å². The van der Waals surface area contributed by atoms with Gasteiger partial charge in [-0.25, -0.2) is 0 Å². The van der Waals surface area contributed by atoms with E-state index in [0.29, 0.717) is 11.3 Å². The van der Waals surface area contributed by atoms with Crippen LogP contribution in [0.2, 0.25) is 0 Å². The van der Waals surface area contributed by atoms with Crippen LogP contribution in [0, 0.1) is 10.1 Å². The van der Waals surface area contributed by atoms with E-state index >= 15 is 0 Å². The number of carbonyl (C=O) groups is 1. The molecule has 0 unspecified atom stereocenters. The second-order valence-corrected chi connectivity index (χ2v) is 3.04. The molecule has 1 aromatic rings. The van der Waals surface area contributed by atoms with Crippen molar-refractivity contribution < 1.29 is 14.8 Å². The summed E-state index contributed by atoms with van der Waals surface area (Å²) in [5.41, 5.74) is 6.11. The second kappa shape index (κ2) is 4.41. The maximum Gasteiger partial charge on any atom is 0.303 e. The summed E-state index contributed by atoms with van der Waals surface area (Å²) in [6.45, 7) is 0. The molecule has 80 valence electrons. The lowest BCUT2D eigenvalue weighted by Crippen LogP contribution is -2.01. The number of carboxylic acid groups (broad SMARTS) is 1. The van der Waals surface area contributed by atoms with Crippen LogP contribution >= 0.6 is 0 Å². The molecule has 0 fully saturated rings. The van der Waals surface area contributed by atoms with Crippen LogP contribution in [0.5, 0.6) is 0 Å². The van der Waals surface area contributed by atoms with E-state index in [4.69, 9.17) is 10.8 Å². The Bertz CT molecular complexity index is 403.